The number of carbonyl (C=O) groups is 3. The summed E-state index contributed by atoms with van der Waals surface area (Å²) < 4.78 is 23.8. The summed E-state index contributed by atoms with van der Waals surface area (Å²) in [5.41, 5.74) is -3.06. The Bertz CT molecular complexity index is 1110. The highest BCUT2D eigenvalue weighted by Crippen LogP contribution is 2.78. The summed E-state index contributed by atoms with van der Waals surface area (Å²) in [7, 11) is 0. The number of fused-ring (bicyclic) bond motifs is 2. The number of hydrogen-bond donors (Lipinski definition) is 1. The van der Waals surface area contributed by atoms with E-state index in [0.29, 0.717) is 12.8 Å². The Morgan fingerprint density at radius 2 is 1.86 bits per heavy atom. The monoisotopic (exact) mass is 486 g/mol. The smallest absolute Gasteiger partial charge is 0.335 e. The van der Waals surface area contributed by atoms with E-state index in [4.69, 9.17) is 18.6 Å². The van der Waals surface area contributed by atoms with Gasteiger partial charge in [-0.15, -0.1) is 0 Å². The largest absolute Gasteiger partial charge is 0.479 e. The Labute approximate surface area is 204 Å². The van der Waals surface area contributed by atoms with E-state index in [1.807, 2.05) is 26.8 Å². The number of carbonyl (C=O) groups excluding carboxylic acids is 2. The fraction of sp³-hybridized carbons (Fsp3) is 0.741. The summed E-state index contributed by atoms with van der Waals surface area (Å²) in [5, 5.41) is 10.2. The van der Waals surface area contributed by atoms with E-state index in [1.54, 1.807) is 12.5 Å². The Balaban J connectivity index is 1.53. The molecule has 1 aromatic heterocycles. The molecule has 2 spiro atoms. The zero-order valence-corrected chi connectivity index (χ0v) is 21.0. The van der Waals surface area contributed by atoms with Crippen LogP contribution in [0.4, 0.5) is 0 Å². The van der Waals surface area contributed by atoms with Crippen LogP contribution in [0, 0.1) is 28.1 Å². The fourth-order valence-electron chi connectivity index (χ4n) is 9.28. The molecule has 0 radical (unpaired) electrons. The minimum absolute atomic E-state index is 0.0291. The van der Waals surface area contributed by atoms with Crippen molar-refractivity contribution in [3.05, 3.63) is 24.2 Å². The lowest BCUT2D eigenvalue weighted by atomic mass is 9.37. The second-order valence-electron chi connectivity index (χ2n) is 12.4. The zero-order valence-electron chi connectivity index (χ0n) is 21.0. The molecule has 5 aliphatic rings. The second-order valence-corrected chi connectivity index (χ2v) is 12.4. The Morgan fingerprint density at radius 1 is 1.11 bits per heavy atom. The van der Waals surface area contributed by atoms with E-state index in [-0.39, 0.29) is 55.1 Å². The van der Waals surface area contributed by atoms with Gasteiger partial charge in [0.15, 0.2) is 6.10 Å². The fourth-order valence-corrected chi connectivity index (χ4v) is 9.28. The number of hydrogen-bond acceptors (Lipinski definition) is 7. The number of epoxide rings is 1. The molecule has 35 heavy (non-hydrogen) atoms. The van der Waals surface area contributed by atoms with Crippen LogP contribution in [-0.4, -0.2) is 52.8 Å². The lowest BCUT2D eigenvalue weighted by molar-refractivity contribution is -0.210. The number of ether oxygens (including phenoxy) is 3. The van der Waals surface area contributed by atoms with Crippen molar-refractivity contribution in [3.63, 3.8) is 0 Å². The number of furan rings is 1. The molecule has 4 heterocycles. The molecule has 3 saturated heterocycles. The SMILES string of the molecule is CC(c1ccoc1)C1(C)CCC2C34COC(=O)CC3OC(C)(C)C4CC(=O)C2(C)C12OC2C(=O)O. The van der Waals surface area contributed by atoms with Crippen molar-refractivity contribution in [1.82, 2.24) is 0 Å². The number of rotatable bonds is 3. The van der Waals surface area contributed by atoms with Crippen molar-refractivity contribution >= 4 is 17.7 Å². The molecule has 9 unspecified atom stereocenters. The van der Waals surface area contributed by atoms with Gasteiger partial charge >= 0.3 is 11.9 Å². The molecule has 1 N–H and O–H groups in total. The summed E-state index contributed by atoms with van der Waals surface area (Å²) in [5.74, 6) is -1.74. The topological polar surface area (TPSA) is 116 Å². The van der Waals surface area contributed by atoms with Gasteiger partial charge in [-0.1, -0.05) is 13.8 Å². The van der Waals surface area contributed by atoms with E-state index >= 15 is 0 Å². The molecule has 0 bridgehead atoms. The molecule has 6 rings (SSSR count). The molecule has 0 aromatic carbocycles. The van der Waals surface area contributed by atoms with Gasteiger partial charge in [-0.25, -0.2) is 4.79 Å². The molecule has 2 aliphatic carbocycles. The van der Waals surface area contributed by atoms with Crippen LogP contribution in [-0.2, 0) is 28.6 Å². The maximum absolute atomic E-state index is 14.3. The van der Waals surface area contributed by atoms with Crippen molar-refractivity contribution < 1.29 is 38.1 Å². The molecule has 1 aromatic rings. The standard InChI is InChI=1S/C27H34O8/c1-14(15-7-9-32-12-15)24(4)8-6-16-25(5,27(24)21(35-27)22(30)31)18(28)10-17-23(2,3)34-19-11-20(29)33-13-26(16,17)19/h7,9,12,14,16-17,19,21H,6,8,10-11,13H2,1-5H3,(H,30,31). The Kier molecular flexibility index (Phi) is 4.49. The average molecular weight is 487 g/mol. The number of ketones is 1. The van der Waals surface area contributed by atoms with E-state index in [1.165, 1.54) is 0 Å². The first-order chi connectivity index (χ1) is 16.4. The van der Waals surface area contributed by atoms with Gasteiger partial charge in [-0.3, -0.25) is 9.59 Å². The number of carboxylic acids is 1. The van der Waals surface area contributed by atoms with Gasteiger partial charge in [0.05, 0.1) is 36.1 Å². The predicted molar refractivity (Wildman–Crippen MR) is 121 cm³/mol. The van der Waals surface area contributed by atoms with Gasteiger partial charge in [0.25, 0.3) is 0 Å². The molecule has 0 amide bonds. The van der Waals surface area contributed by atoms with E-state index in [2.05, 4.69) is 13.8 Å². The molecule has 190 valence electrons. The number of aliphatic carboxylic acids is 1. The Hall–Kier alpha value is -2.19. The van der Waals surface area contributed by atoms with E-state index in [9.17, 15) is 19.5 Å². The van der Waals surface area contributed by atoms with Crippen molar-refractivity contribution in [2.75, 3.05) is 6.61 Å². The third-order valence-corrected chi connectivity index (χ3v) is 11.1. The summed E-state index contributed by atoms with van der Waals surface area (Å²) >= 11 is 0. The molecular formula is C27H34O8. The minimum Gasteiger partial charge on any atom is -0.479 e. The van der Waals surface area contributed by atoms with Crippen LogP contribution in [0.3, 0.4) is 0 Å². The third-order valence-electron chi connectivity index (χ3n) is 11.1. The van der Waals surface area contributed by atoms with Crippen LogP contribution in [0.2, 0.25) is 0 Å². The van der Waals surface area contributed by atoms with Gasteiger partial charge in [0, 0.05) is 23.2 Å². The van der Waals surface area contributed by atoms with Gasteiger partial charge < -0.3 is 23.7 Å². The van der Waals surface area contributed by atoms with Crippen molar-refractivity contribution in [3.8, 4) is 0 Å². The quantitative estimate of drug-likeness (QED) is 0.508. The van der Waals surface area contributed by atoms with Crippen molar-refractivity contribution in [2.24, 2.45) is 28.1 Å². The summed E-state index contributed by atoms with van der Waals surface area (Å²) in [6.45, 7) is 10.2. The number of esters is 1. The average Bonchev–Trinajstić information content (AvgIpc) is 3.25. The van der Waals surface area contributed by atoms with Crippen molar-refractivity contribution in [2.45, 2.75) is 89.6 Å². The van der Waals surface area contributed by atoms with Crippen molar-refractivity contribution in [1.29, 1.82) is 0 Å². The maximum atomic E-state index is 14.3. The molecule has 9 atom stereocenters. The van der Waals surface area contributed by atoms with Crippen LogP contribution >= 0.6 is 0 Å². The first-order valence-electron chi connectivity index (χ1n) is 12.7. The summed E-state index contributed by atoms with van der Waals surface area (Å²) in [4.78, 5) is 39.1. The number of Topliss-reactive ketones (excluding diaryl/α,β-unsaturated/α-hetero) is 1. The van der Waals surface area contributed by atoms with Gasteiger partial charge in [0.2, 0.25) is 0 Å². The summed E-state index contributed by atoms with van der Waals surface area (Å²) in [6, 6.07) is 1.90. The molecule has 8 heteroatoms. The Morgan fingerprint density at radius 3 is 2.49 bits per heavy atom. The lowest BCUT2D eigenvalue weighted by Crippen LogP contribution is -2.71. The van der Waals surface area contributed by atoms with E-state index in [0.717, 1.165) is 5.56 Å². The molecule has 2 saturated carbocycles. The van der Waals surface area contributed by atoms with Crippen LogP contribution in [0.1, 0.15) is 71.8 Å². The van der Waals surface area contributed by atoms with Gasteiger partial charge in [-0.2, -0.15) is 0 Å². The van der Waals surface area contributed by atoms with Crippen LogP contribution < -0.4 is 0 Å². The van der Waals surface area contributed by atoms with Crippen LogP contribution in [0.5, 0.6) is 0 Å². The number of cyclic esters (lactones) is 1. The maximum Gasteiger partial charge on any atom is 0.335 e. The van der Waals surface area contributed by atoms with Crippen LogP contribution in [0.15, 0.2) is 23.0 Å². The molecule has 3 aliphatic heterocycles. The first-order valence-corrected chi connectivity index (χ1v) is 12.7. The first kappa shape index (κ1) is 23.2. The molecule has 5 fully saturated rings. The van der Waals surface area contributed by atoms with Gasteiger partial charge in [-0.05, 0) is 57.1 Å². The highest BCUT2D eigenvalue weighted by atomic mass is 16.6. The zero-order chi connectivity index (χ0) is 25.2. The van der Waals surface area contributed by atoms with E-state index < -0.39 is 39.5 Å². The third kappa shape index (κ3) is 2.48. The molecular weight excluding hydrogens is 452 g/mol. The minimum atomic E-state index is -1.18. The lowest BCUT2D eigenvalue weighted by Gasteiger charge is -2.64. The van der Waals surface area contributed by atoms with Crippen LogP contribution in [0.25, 0.3) is 0 Å². The highest BCUT2D eigenvalue weighted by Gasteiger charge is 2.87. The highest BCUT2D eigenvalue weighted by molar-refractivity contribution is 5.92. The molecule has 8 nitrogen and oxygen atoms in total. The predicted octanol–water partition coefficient (Wildman–Crippen LogP) is 3.73. The number of carboxylic acid groups (broad SMARTS) is 1. The van der Waals surface area contributed by atoms with Gasteiger partial charge in [0.1, 0.15) is 18.0 Å². The normalized spacial score (nSPS) is 48.5. The second kappa shape index (κ2) is 6.76. The summed E-state index contributed by atoms with van der Waals surface area (Å²) in [6.07, 6.45) is 3.64.